The van der Waals surface area contributed by atoms with E-state index in [1.165, 1.54) is 10.4 Å². The fourth-order valence-electron chi connectivity index (χ4n) is 2.95. The molecule has 1 saturated heterocycles. The Balaban J connectivity index is 1.51. The van der Waals surface area contributed by atoms with Gasteiger partial charge in [0.05, 0.1) is 12.9 Å². The van der Waals surface area contributed by atoms with Crippen molar-refractivity contribution in [2.24, 2.45) is 0 Å². The molecular weight excluding hydrogens is 353 g/mol. The Labute approximate surface area is 143 Å². The summed E-state index contributed by atoms with van der Waals surface area (Å²) < 4.78 is 55.2. The molecule has 10 heteroatoms. The molecule has 0 radical (unpaired) electrons. The van der Waals surface area contributed by atoms with Gasteiger partial charge in [0, 0.05) is 25.1 Å². The Hall–Kier alpha value is -2.04. The molecule has 1 aromatic heterocycles. The lowest BCUT2D eigenvalue weighted by molar-refractivity contribution is -0.0184. The quantitative estimate of drug-likeness (QED) is 0.803. The van der Waals surface area contributed by atoms with Crippen LogP contribution < -0.4 is 4.74 Å². The third kappa shape index (κ3) is 3.12. The number of aromatic nitrogens is 2. The number of halogens is 1. The van der Waals surface area contributed by atoms with Crippen molar-refractivity contribution in [2.75, 3.05) is 26.0 Å². The first kappa shape index (κ1) is 16.4. The third-order valence-electron chi connectivity index (χ3n) is 4.22. The highest BCUT2D eigenvalue weighted by molar-refractivity contribution is 7.88. The zero-order chi connectivity index (χ0) is 17.6. The van der Waals surface area contributed by atoms with Gasteiger partial charge in [0.25, 0.3) is 5.89 Å². The summed E-state index contributed by atoms with van der Waals surface area (Å²) in [5.74, 6) is 0.164. The molecule has 0 saturated carbocycles. The van der Waals surface area contributed by atoms with Crippen LogP contribution in [0.3, 0.4) is 0 Å². The molecule has 0 N–H and O–H groups in total. The van der Waals surface area contributed by atoms with Crippen molar-refractivity contribution in [1.82, 2.24) is 14.5 Å². The lowest BCUT2D eigenvalue weighted by Gasteiger charge is -2.29. The van der Waals surface area contributed by atoms with E-state index in [0.29, 0.717) is 6.42 Å². The molecule has 1 fully saturated rings. The minimum absolute atomic E-state index is 0.112. The predicted molar refractivity (Wildman–Crippen MR) is 82.9 cm³/mol. The molecule has 0 bridgehead atoms. The van der Waals surface area contributed by atoms with Crippen LogP contribution in [0, 0.1) is 5.82 Å². The van der Waals surface area contributed by atoms with E-state index in [1.807, 2.05) is 0 Å². The fourth-order valence-corrected chi connectivity index (χ4v) is 3.76. The van der Waals surface area contributed by atoms with Crippen molar-refractivity contribution < 1.29 is 26.7 Å². The summed E-state index contributed by atoms with van der Waals surface area (Å²) >= 11 is 0. The minimum Gasteiger partial charge on any atom is -0.477 e. The molecule has 2 aliphatic heterocycles. The monoisotopic (exact) mass is 369 g/mol. The van der Waals surface area contributed by atoms with Gasteiger partial charge in [-0.05, 0) is 6.07 Å². The van der Waals surface area contributed by atoms with Crippen LogP contribution in [0.5, 0.6) is 5.75 Å². The summed E-state index contributed by atoms with van der Waals surface area (Å²) in [6.07, 6.45) is 0.371. The molecule has 0 unspecified atom stereocenters. The standard InChI is InChI=1S/C15H16FN3O5S/c1-25(20,21)19-5-6-22-12(8-19)15-18-17-14(24-15)11-7-9-3-2-4-10(16)13(9)23-11/h2-4,11-12H,5-8H2,1H3/t11-,12+/m1/s1. The highest BCUT2D eigenvalue weighted by atomic mass is 32.2. The van der Waals surface area contributed by atoms with Crippen molar-refractivity contribution in [3.05, 3.63) is 41.4 Å². The summed E-state index contributed by atoms with van der Waals surface area (Å²) in [6.45, 7) is 0.642. The smallest absolute Gasteiger partial charge is 0.257 e. The summed E-state index contributed by atoms with van der Waals surface area (Å²) in [6, 6.07) is 4.73. The van der Waals surface area contributed by atoms with Crippen molar-refractivity contribution in [2.45, 2.75) is 18.6 Å². The maximum Gasteiger partial charge on any atom is 0.257 e. The second kappa shape index (κ2) is 6.04. The molecule has 2 aliphatic rings. The Morgan fingerprint density at radius 3 is 2.72 bits per heavy atom. The van der Waals surface area contributed by atoms with Crippen LogP contribution in [-0.4, -0.2) is 48.9 Å². The molecule has 3 heterocycles. The molecule has 2 atom stereocenters. The molecule has 0 aliphatic carbocycles. The number of rotatable bonds is 3. The number of sulfonamides is 1. The molecule has 1 aromatic carbocycles. The van der Waals surface area contributed by atoms with Crippen molar-refractivity contribution >= 4 is 10.0 Å². The lowest BCUT2D eigenvalue weighted by atomic mass is 10.1. The van der Waals surface area contributed by atoms with E-state index >= 15 is 0 Å². The first-order valence-corrected chi connectivity index (χ1v) is 9.60. The normalized spacial score (nSPS) is 24.1. The topological polar surface area (TPSA) is 94.8 Å². The maximum absolute atomic E-state index is 13.8. The largest absolute Gasteiger partial charge is 0.477 e. The van der Waals surface area contributed by atoms with Gasteiger partial charge < -0.3 is 13.9 Å². The molecule has 0 spiro atoms. The van der Waals surface area contributed by atoms with E-state index in [0.717, 1.165) is 11.8 Å². The summed E-state index contributed by atoms with van der Waals surface area (Å²) in [7, 11) is -3.32. The van der Waals surface area contributed by atoms with Gasteiger partial charge in [-0.2, -0.15) is 4.31 Å². The Kier molecular flexibility index (Phi) is 3.97. The molecule has 2 aromatic rings. The number of ether oxygens (including phenoxy) is 2. The van der Waals surface area contributed by atoms with Gasteiger partial charge in [0.2, 0.25) is 15.9 Å². The van der Waals surface area contributed by atoms with Gasteiger partial charge in [-0.1, -0.05) is 12.1 Å². The van der Waals surface area contributed by atoms with Crippen LogP contribution >= 0.6 is 0 Å². The number of nitrogens with zero attached hydrogens (tertiary/aromatic N) is 3. The summed E-state index contributed by atoms with van der Waals surface area (Å²) in [4.78, 5) is 0. The van der Waals surface area contributed by atoms with Crippen molar-refractivity contribution in [1.29, 1.82) is 0 Å². The van der Waals surface area contributed by atoms with Gasteiger partial charge in [-0.25, -0.2) is 12.8 Å². The zero-order valence-electron chi connectivity index (χ0n) is 13.4. The predicted octanol–water partition coefficient (Wildman–Crippen LogP) is 1.22. The number of hydrogen-bond acceptors (Lipinski definition) is 7. The van der Waals surface area contributed by atoms with Gasteiger partial charge in [-0.3, -0.25) is 0 Å². The first-order valence-electron chi connectivity index (χ1n) is 7.76. The number of fused-ring (bicyclic) bond motifs is 1. The number of benzene rings is 1. The Morgan fingerprint density at radius 1 is 1.24 bits per heavy atom. The van der Waals surface area contributed by atoms with Gasteiger partial charge in [0.1, 0.15) is 6.10 Å². The van der Waals surface area contributed by atoms with E-state index in [4.69, 9.17) is 13.9 Å². The van der Waals surface area contributed by atoms with E-state index in [2.05, 4.69) is 10.2 Å². The molecule has 8 nitrogen and oxygen atoms in total. The minimum atomic E-state index is -3.32. The number of hydrogen-bond donors (Lipinski definition) is 0. The molecule has 0 amide bonds. The van der Waals surface area contributed by atoms with E-state index in [9.17, 15) is 12.8 Å². The molecule has 4 rings (SSSR count). The van der Waals surface area contributed by atoms with Crippen LogP contribution in [0.15, 0.2) is 22.6 Å². The van der Waals surface area contributed by atoms with Crippen LogP contribution in [0.25, 0.3) is 0 Å². The Morgan fingerprint density at radius 2 is 2.00 bits per heavy atom. The van der Waals surface area contributed by atoms with Crippen LogP contribution in [-0.2, 0) is 21.2 Å². The van der Waals surface area contributed by atoms with Crippen LogP contribution in [0.4, 0.5) is 4.39 Å². The van der Waals surface area contributed by atoms with Crippen LogP contribution in [0.1, 0.15) is 29.6 Å². The lowest BCUT2D eigenvalue weighted by Crippen LogP contribution is -2.41. The average Bonchev–Trinajstić information content (AvgIpc) is 3.21. The van der Waals surface area contributed by atoms with Gasteiger partial charge >= 0.3 is 0 Å². The van der Waals surface area contributed by atoms with Gasteiger partial charge in [-0.15, -0.1) is 10.2 Å². The SMILES string of the molecule is CS(=O)(=O)N1CCO[C@H](c2nnc([C@H]3Cc4cccc(F)c4O3)o2)C1. The van der Waals surface area contributed by atoms with Crippen molar-refractivity contribution in [3.8, 4) is 5.75 Å². The Bertz CT molecular complexity index is 900. The van der Waals surface area contributed by atoms with E-state index < -0.39 is 28.0 Å². The second-order valence-corrected chi connectivity index (χ2v) is 7.98. The van der Waals surface area contributed by atoms with E-state index in [1.54, 1.807) is 12.1 Å². The average molecular weight is 369 g/mol. The van der Waals surface area contributed by atoms with Crippen LogP contribution in [0.2, 0.25) is 0 Å². The van der Waals surface area contributed by atoms with Crippen molar-refractivity contribution in [3.63, 3.8) is 0 Å². The number of morpholine rings is 1. The summed E-state index contributed by atoms with van der Waals surface area (Å²) in [5.41, 5.74) is 0.738. The molecular formula is C15H16FN3O5S. The maximum atomic E-state index is 13.8. The molecule has 25 heavy (non-hydrogen) atoms. The fraction of sp³-hybridized carbons (Fsp3) is 0.467. The summed E-state index contributed by atoms with van der Waals surface area (Å²) in [5, 5.41) is 7.91. The second-order valence-electron chi connectivity index (χ2n) is 6.00. The number of para-hydroxylation sites is 1. The molecule has 134 valence electrons. The highest BCUT2D eigenvalue weighted by Gasteiger charge is 2.34. The zero-order valence-corrected chi connectivity index (χ0v) is 14.2. The third-order valence-corrected chi connectivity index (χ3v) is 5.49. The van der Waals surface area contributed by atoms with Gasteiger partial charge in [0.15, 0.2) is 17.7 Å². The first-order chi connectivity index (χ1) is 11.9. The van der Waals surface area contributed by atoms with E-state index in [-0.39, 0.29) is 37.2 Å². The highest BCUT2D eigenvalue weighted by Crippen LogP contribution is 2.38.